The van der Waals surface area contributed by atoms with Gasteiger partial charge in [0.25, 0.3) is 0 Å². The van der Waals surface area contributed by atoms with Crippen molar-refractivity contribution in [3.8, 4) is 5.88 Å². The first-order valence-electron chi connectivity index (χ1n) is 8.84. The normalized spacial score (nSPS) is 18.7. The summed E-state index contributed by atoms with van der Waals surface area (Å²) >= 11 is 0. The van der Waals surface area contributed by atoms with Gasteiger partial charge in [0, 0.05) is 50.5 Å². The Balaban J connectivity index is 0.00000100. The van der Waals surface area contributed by atoms with Crippen LogP contribution in [0.3, 0.4) is 0 Å². The molecular weight excluding hydrogens is 308 g/mol. The van der Waals surface area contributed by atoms with E-state index in [1.165, 1.54) is 0 Å². The molecule has 3 heterocycles. The topological polar surface area (TPSA) is 73.1 Å². The Labute approximate surface area is 144 Å². The molecule has 0 aliphatic carbocycles. The summed E-state index contributed by atoms with van der Waals surface area (Å²) in [5, 5.41) is 0. The van der Waals surface area contributed by atoms with Crippen molar-refractivity contribution in [2.75, 3.05) is 76.4 Å². The summed E-state index contributed by atoms with van der Waals surface area (Å²) in [7, 11) is 0. The maximum Gasteiger partial charge on any atom is 0.217 e. The van der Waals surface area contributed by atoms with Crippen molar-refractivity contribution in [1.82, 2.24) is 9.88 Å². The van der Waals surface area contributed by atoms with Crippen molar-refractivity contribution in [2.24, 2.45) is 0 Å². The number of hydrogen-bond acceptors (Lipinski definition) is 7. The quantitative estimate of drug-likeness (QED) is 0.866. The van der Waals surface area contributed by atoms with Crippen LogP contribution < -0.4 is 15.4 Å². The van der Waals surface area contributed by atoms with Crippen molar-refractivity contribution in [3.63, 3.8) is 0 Å². The number of rotatable bonds is 5. The smallest absolute Gasteiger partial charge is 0.217 e. The zero-order valence-electron chi connectivity index (χ0n) is 14.9. The minimum absolute atomic E-state index is 0.592. The van der Waals surface area contributed by atoms with Gasteiger partial charge in [0.15, 0.2) is 0 Å². The maximum absolute atomic E-state index is 5.98. The first-order valence-corrected chi connectivity index (χ1v) is 8.84. The number of anilines is 2. The van der Waals surface area contributed by atoms with Crippen molar-refractivity contribution in [3.05, 3.63) is 12.1 Å². The number of nitrogen functional groups attached to an aromatic ring is 1. The number of morpholine rings is 2. The maximum atomic E-state index is 5.98. The molecule has 0 spiro atoms. The molecule has 3 rings (SSSR count). The highest BCUT2D eigenvalue weighted by Gasteiger charge is 2.14. The molecule has 1 aromatic heterocycles. The predicted molar refractivity (Wildman–Crippen MR) is 95.8 cm³/mol. The summed E-state index contributed by atoms with van der Waals surface area (Å²) < 4.78 is 16.5. The Morgan fingerprint density at radius 2 is 1.67 bits per heavy atom. The van der Waals surface area contributed by atoms with Gasteiger partial charge in [0.05, 0.1) is 26.4 Å². The number of nitrogens with zero attached hydrogens (tertiary/aromatic N) is 3. The third kappa shape index (κ3) is 5.81. The fraction of sp³-hybridized carbons (Fsp3) is 0.706. The molecule has 7 heteroatoms. The van der Waals surface area contributed by atoms with E-state index in [2.05, 4.69) is 14.8 Å². The average Bonchev–Trinajstić information content (AvgIpc) is 2.65. The zero-order valence-corrected chi connectivity index (χ0v) is 14.9. The lowest BCUT2D eigenvalue weighted by atomic mass is 10.3. The van der Waals surface area contributed by atoms with Crippen LogP contribution in [0.15, 0.2) is 12.1 Å². The van der Waals surface area contributed by atoms with Gasteiger partial charge in [-0.1, -0.05) is 13.8 Å². The molecule has 24 heavy (non-hydrogen) atoms. The third-order valence-electron chi connectivity index (χ3n) is 3.91. The summed E-state index contributed by atoms with van der Waals surface area (Å²) in [6.45, 7) is 12.2. The molecule has 0 saturated carbocycles. The summed E-state index contributed by atoms with van der Waals surface area (Å²) in [5.74, 6) is 1.46. The fourth-order valence-electron chi connectivity index (χ4n) is 2.64. The van der Waals surface area contributed by atoms with Crippen molar-refractivity contribution in [2.45, 2.75) is 13.8 Å². The highest BCUT2D eigenvalue weighted by molar-refractivity contribution is 5.53. The number of ether oxygens (including phenoxy) is 3. The first-order chi connectivity index (χ1) is 11.8. The summed E-state index contributed by atoms with van der Waals surface area (Å²) in [6, 6.07) is 3.67. The van der Waals surface area contributed by atoms with Gasteiger partial charge in [-0.2, -0.15) is 4.98 Å². The van der Waals surface area contributed by atoms with Gasteiger partial charge in [-0.25, -0.2) is 0 Å². The van der Waals surface area contributed by atoms with E-state index in [0.717, 1.165) is 65.0 Å². The minimum Gasteiger partial charge on any atom is -0.476 e. The van der Waals surface area contributed by atoms with E-state index in [-0.39, 0.29) is 0 Å². The minimum atomic E-state index is 0.592. The van der Waals surface area contributed by atoms with Gasteiger partial charge >= 0.3 is 0 Å². The molecule has 2 aliphatic heterocycles. The van der Waals surface area contributed by atoms with Crippen LogP contribution in [0.25, 0.3) is 0 Å². The van der Waals surface area contributed by atoms with E-state index in [1.54, 1.807) is 6.07 Å². The lowest BCUT2D eigenvalue weighted by Gasteiger charge is -2.28. The second-order valence-electron chi connectivity index (χ2n) is 5.50. The predicted octanol–water partition coefficient (Wildman–Crippen LogP) is 1.24. The van der Waals surface area contributed by atoms with Crippen LogP contribution in [0.1, 0.15) is 13.8 Å². The van der Waals surface area contributed by atoms with Gasteiger partial charge in [-0.05, 0) is 0 Å². The highest BCUT2D eigenvalue weighted by Crippen LogP contribution is 2.21. The molecule has 0 radical (unpaired) electrons. The Hall–Kier alpha value is -1.57. The van der Waals surface area contributed by atoms with Crippen molar-refractivity contribution < 1.29 is 14.2 Å². The van der Waals surface area contributed by atoms with Gasteiger partial charge < -0.3 is 24.8 Å². The summed E-state index contributed by atoms with van der Waals surface area (Å²) in [6.07, 6.45) is 0. The molecule has 2 saturated heterocycles. The molecule has 2 aliphatic rings. The molecule has 2 N–H and O–H groups in total. The van der Waals surface area contributed by atoms with E-state index < -0.39 is 0 Å². The Morgan fingerprint density at radius 3 is 2.33 bits per heavy atom. The van der Waals surface area contributed by atoms with Crippen LogP contribution in [0.4, 0.5) is 11.5 Å². The number of nitrogens with two attached hydrogens (primary N) is 1. The zero-order chi connectivity index (χ0) is 17.2. The molecule has 1 aromatic rings. The van der Waals surface area contributed by atoms with Crippen LogP contribution in [-0.4, -0.2) is 75.6 Å². The standard InChI is InChI=1S/C15H24N4O3.C2H6/c16-13-11-14(19-4-8-21-9-5-19)17-15(12-13)22-10-3-18-1-6-20-7-2-18;1-2/h11-12H,1-10H2,(H2,16,17);1-2H3. The molecule has 0 atom stereocenters. The second-order valence-corrected chi connectivity index (χ2v) is 5.50. The van der Waals surface area contributed by atoms with E-state index in [1.807, 2.05) is 19.9 Å². The summed E-state index contributed by atoms with van der Waals surface area (Å²) in [5.41, 5.74) is 6.65. The average molecular weight is 338 g/mol. The highest BCUT2D eigenvalue weighted by atomic mass is 16.5. The van der Waals surface area contributed by atoms with Crippen LogP contribution in [0.5, 0.6) is 5.88 Å². The molecule has 0 aromatic carbocycles. The number of hydrogen-bond donors (Lipinski definition) is 1. The molecule has 0 unspecified atom stereocenters. The van der Waals surface area contributed by atoms with E-state index >= 15 is 0 Å². The van der Waals surface area contributed by atoms with Crippen molar-refractivity contribution >= 4 is 11.5 Å². The van der Waals surface area contributed by atoms with Gasteiger partial charge in [-0.15, -0.1) is 0 Å². The monoisotopic (exact) mass is 338 g/mol. The largest absolute Gasteiger partial charge is 0.476 e. The Morgan fingerprint density at radius 1 is 1.04 bits per heavy atom. The lowest BCUT2D eigenvalue weighted by Crippen LogP contribution is -2.38. The Kier molecular flexibility index (Phi) is 8.07. The Bertz CT molecular complexity index is 475. The van der Waals surface area contributed by atoms with Gasteiger partial charge in [0.1, 0.15) is 12.4 Å². The van der Waals surface area contributed by atoms with E-state index in [4.69, 9.17) is 19.9 Å². The molecule has 136 valence electrons. The van der Waals surface area contributed by atoms with Crippen LogP contribution in [0.2, 0.25) is 0 Å². The van der Waals surface area contributed by atoms with Crippen LogP contribution in [0, 0.1) is 0 Å². The number of pyridine rings is 1. The molecule has 2 fully saturated rings. The van der Waals surface area contributed by atoms with Gasteiger partial charge in [0.2, 0.25) is 5.88 Å². The molecule has 0 amide bonds. The first kappa shape index (κ1) is 18.8. The lowest BCUT2D eigenvalue weighted by molar-refractivity contribution is 0.0320. The van der Waals surface area contributed by atoms with Gasteiger partial charge in [-0.3, -0.25) is 4.90 Å². The second kappa shape index (κ2) is 10.3. The van der Waals surface area contributed by atoms with E-state index in [9.17, 15) is 0 Å². The van der Waals surface area contributed by atoms with Crippen LogP contribution in [-0.2, 0) is 9.47 Å². The third-order valence-corrected chi connectivity index (χ3v) is 3.91. The fourth-order valence-corrected chi connectivity index (χ4v) is 2.64. The van der Waals surface area contributed by atoms with Crippen LogP contribution >= 0.6 is 0 Å². The van der Waals surface area contributed by atoms with E-state index in [0.29, 0.717) is 18.2 Å². The van der Waals surface area contributed by atoms with Crippen molar-refractivity contribution in [1.29, 1.82) is 0 Å². The molecular formula is C17H30N4O3. The molecule has 0 bridgehead atoms. The molecule has 7 nitrogen and oxygen atoms in total. The number of aromatic nitrogens is 1. The SMILES string of the molecule is CC.Nc1cc(OCCN2CCOCC2)nc(N2CCOCC2)c1. The summed E-state index contributed by atoms with van der Waals surface area (Å²) in [4.78, 5) is 9.07.